The molecule has 0 bridgehead atoms. The number of rotatable bonds is 4. The number of fused-ring (bicyclic) bond motifs is 1. The minimum atomic E-state index is 0.729. The maximum atomic E-state index is 6.25. The molecule has 2 aromatic heterocycles. The third kappa shape index (κ3) is 3.15. The molecule has 4 aromatic rings. The van der Waals surface area contributed by atoms with Crippen LogP contribution in [0.1, 0.15) is 5.69 Å². The minimum Gasteiger partial charge on any atom is -0.240 e. The first-order chi connectivity index (χ1) is 11.8. The maximum Gasteiger partial charge on any atom is 0.125 e. The van der Waals surface area contributed by atoms with Gasteiger partial charge in [-0.1, -0.05) is 59.8 Å². The van der Waals surface area contributed by atoms with Crippen molar-refractivity contribution in [3.63, 3.8) is 0 Å². The topological polar surface area (TPSA) is 38.7 Å². The quantitative estimate of drug-likeness (QED) is 0.341. The smallest absolute Gasteiger partial charge is 0.125 e. The fourth-order valence-corrected chi connectivity index (χ4v) is 4.50. The Morgan fingerprint density at radius 3 is 2.75 bits per heavy atom. The molecule has 0 unspecified atom stereocenters. The molecule has 0 fully saturated rings. The molecule has 0 spiro atoms. The highest BCUT2D eigenvalue weighted by Gasteiger charge is 2.10. The van der Waals surface area contributed by atoms with Gasteiger partial charge in [-0.2, -0.15) is 0 Å². The number of benzene rings is 2. The summed E-state index contributed by atoms with van der Waals surface area (Å²) in [7, 11) is 0. The van der Waals surface area contributed by atoms with Gasteiger partial charge in [-0.3, -0.25) is 0 Å². The van der Waals surface area contributed by atoms with Gasteiger partial charge in [0.15, 0.2) is 0 Å². The van der Waals surface area contributed by atoms with Crippen molar-refractivity contribution >= 4 is 45.6 Å². The molecule has 4 rings (SSSR count). The first kappa shape index (κ1) is 15.6. The largest absolute Gasteiger partial charge is 0.240 e. The molecular weight excluding hydrogens is 358 g/mol. The summed E-state index contributed by atoms with van der Waals surface area (Å²) in [4.78, 5) is 13.4. The fourth-order valence-electron chi connectivity index (χ4n) is 2.37. The molecule has 2 heterocycles. The van der Waals surface area contributed by atoms with Crippen LogP contribution in [0.15, 0.2) is 65.3 Å². The maximum absolute atomic E-state index is 6.25. The summed E-state index contributed by atoms with van der Waals surface area (Å²) in [5.41, 5.74) is 2.97. The zero-order valence-electron chi connectivity index (χ0n) is 12.5. The number of hydrogen-bond donors (Lipinski definition) is 0. The second kappa shape index (κ2) is 6.89. The molecule has 0 amide bonds. The number of thioether (sulfide) groups is 1. The average molecular weight is 370 g/mol. The van der Waals surface area contributed by atoms with Crippen molar-refractivity contribution in [1.29, 1.82) is 0 Å². The molecular formula is C18H12ClN3S2. The van der Waals surface area contributed by atoms with E-state index in [1.165, 1.54) is 0 Å². The Labute approximate surface area is 152 Å². The van der Waals surface area contributed by atoms with E-state index in [4.69, 9.17) is 16.6 Å². The van der Waals surface area contributed by atoms with Crippen LogP contribution in [-0.4, -0.2) is 15.0 Å². The number of nitrogens with zero attached hydrogens (tertiary/aromatic N) is 3. The Hall–Kier alpha value is -1.95. The van der Waals surface area contributed by atoms with Gasteiger partial charge in [0.25, 0.3) is 0 Å². The van der Waals surface area contributed by atoms with Gasteiger partial charge in [0, 0.05) is 22.1 Å². The van der Waals surface area contributed by atoms with E-state index in [-0.39, 0.29) is 0 Å². The van der Waals surface area contributed by atoms with Crippen LogP contribution in [0.4, 0.5) is 0 Å². The standard InChI is InChI=1S/C18H12ClN3S2/c19-15-7-3-1-5-13(15)18-22-12(10-24-18)9-23-17-14-6-2-4-8-16(14)20-11-21-17/h1-8,10-11H,9H2. The minimum absolute atomic E-state index is 0.729. The molecule has 3 nitrogen and oxygen atoms in total. The van der Waals surface area contributed by atoms with Crippen molar-refractivity contribution in [2.24, 2.45) is 0 Å². The molecule has 118 valence electrons. The lowest BCUT2D eigenvalue weighted by Crippen LogP contribution is -1.88. The summed E-state index contributed by atoms with van der Waals surface area (Å²) in [5.74, 6) is 0.766. The van der Waals surface area contributed by atoms with Crippen LogP contribution in [0.2, 0.25) is 5.02 Å². The van der Waals surface area contributed by atoms with E-state index < -0.39 is 0 Å². The Morgan fingerprint density at radius 2 is 1.83 bits per heavy atom. The van der Waals surface area contributed by atoms with Crippen LogP contribution >= 0.6 is 34.7 Å². The van der Waals surface area contributed by atoms with Crippen molar-refractivity contribution in [2.75, 3.05) is 0 Å². The lowest BCUT2D eigenvalue weighted by Gasteiger charge is -2.03. The average Bonchev–Trinajstić information content (AvgIpc) is 3.09. The summed E-state index contributed by atoms with van der Waals surface area (Å²) in [5, 5.41) is 5.81. The molecule has 0 saturated heterocycles. The van der Waals surface area contributed by atoms with E-state index in [0.717, 1.165) is 43.0 Å². The van der Waals surface area contributed by atoms with Gasteiger partial charge in [0.1, 0.15) is 16.4 Å². The number of hydrogen-bond acceptors (Lipinski definition) is 5. The van der Waals surface area contributed by atoms with Crippen LogP contribution in [0, 0.1) is 0 Å². The van der Waals surface area contributed by atoms with Gasteiger partial charge in [0.2, 0.25) is 0 Å². The molecule has 0 aliphatic carbocycles. The van der Waals surface area contributed by atoms with Gasteiger partial charge in [-0.25, -0.2) is 15.0 Å². The normalized spacial score (nSPS) is 11.0. The Balaban J connectivity index is 1.56. The number of thiazole rings is 1. The van der Waals surface area contributed by atoms with Crippen LogP contribution < -0.4 is 0 Å². The van der Waals surface area contributed by atoms with Crippen LogP contribution in [0.3, 0.4) is 0 Å². The van der Waals surface area contributed by atoms with Gasteiger partial charge in [0.05, 0.1) is 16.2 Å². The first-order valence-electron chi connectivity index (χ1n) is 7.33. The zero-order chi connectivity index (χ0) is 16.4. The highest BCUT2D eigenvalue weighted by molar-refractivity contribution is 7.98. The monoisotopic (exact) mass is 369 g/mol. The van der Waals surface area contributed by atoms with Gasteiger partial charge < -0.3 is 0 Å². The highest BCUT2D eigenvalue weighted by atomic mass is 35.5. The predicted octanol–water partition coefficient (Wildman–Crippen LogP) is 5.70. The van der Waals surface area contributed by atoms with E-state index in [9.17, 15) is 0 Å². The van der Waals surface area contributed by atoms with Crippen molar-refractivity contribution < 1.29 is 0 Å². The SMILES string of the molecule is Clc1ccccc1-c1nc(CSc2ncnc3ccccc23)cs1. The number of halogens is 1. The van der Waals surface area contributed by atoms with E-state index in [2.05, 4.69) is 15.3 Å². The van der Waals surface area contributed by atoms with Gasteiger partial charge in [-0.05, 0) is 12.1 Å². The Morgan fingerprint density at radius 1 is 1.00 bits per heavy atom. The van der Waals surface area contributed by atoms with Crippen LogP contribution in [-0.2, 0) is 5.75 Å². The third-order valence-electron chi connectivity index (χ3n) is 3.52. The summed E-state index contributed by atoms with van der Waals surface area (Å²) in [6.07, 6.45) is 1.61. The first-order valence-corrected chi connectivity index (χ1v) is 9.57. The fraction of sp³-hybridized carbons (Fsp3) is 0.0556. The molecule has 24 heavy (non-hydrogen) atoms. The van der Waals surface area contributed by atoms with Crippen LogP contribution in [0.5, 0.6) is 0 Å². The molecule has 0 aliphatic heterocycles. The summed E-state index contributed by atoms with van der Waals surface area (Å²) in [6, 6.07) is 15.8. The van der Waals surface area contributed by atoms with Crippen molar-refractivity contribution in [3.8, 4) is 10.6 Å². The summed E-state index contributed by atoms with van der Waals surface area (Å²) in [6.45, 7) is 0. The van der Waals surface area contributed by atoms with Gasteiger partial charge >= 0.3 is 0 Å². The van der Waals surface area contributed by atoms with E-state index >= 15 is 0 Å². The molecule has 0 saturated carbocycles. The lowest BCUT2D eigenvalue weighted by atomic mass is 10.2. The van der Waals surface area contributed by atoms with Gasteiger partial charge in [-0.15, -0.1) is 11.3 Å². The number of para-hydroxylation sites is 1. The Kier molecular flexibility index (Phi) is 4.47. The second-order valence-electron chi connectivity index (χ2n) is 5.11. The Bertz CT molecular complexity index is 995. The predicted molar refractivity (Wildman–Crippen MR) is 102 cm³/mol. The lowest BCUT2D eigenvalue weighted by molar-refractivity contribution is 1.10. The molecule has 0 atom stereocenters. The molecule has 0 aliphatic rings. The molecule has 0 N–H and O–H groups in total. The van der Waals surface area contributed by atoms with E-state index in [1.54, 1.807) is 29.4 Å². The molecule has 0 radical (unpaired) electrons. The summed E-state index contributed by atoms with van der Waals surface area (Å²) < 4.78 is 0. The van der Waals surface area contributed by atoms with Crippen LogP contribution in [0.25, 0.3) is 21.5 Å². The summed E-state index contributed by atoms with van der Waals surface area (Å²) >= 11 is 9.54. The van der Waals surface area contributed by atoms with E-state index in [0.29, 0.717) is 0 Å². The van der Waals surface area contributed by atoms with E-state index in [1.807, 2.05) is 48.5 Å². The zero-order valence-corrected chi connectivity index (χ0v) is 14.9. The molecule has 2 aromatic carbocycles. The number of aromatic nitrogens is 3. The van der Waals surface area contributed by atoms with Crippen molar-refractivity contribution in [2.45, 2.75) is 10.8 Å². The second-order valence-corrected chi connectivity index (χ2v) is 7.34. The molecule has 6 heteroatoms. The highest BCUT2D eigenvalue weighted by Crippen LogP contribution is 2.32. The van der Waals surface area contributed by atoms with Crippen molar-refractivity contribution in [1.82, 2.24) is 15.0 Å². The third-order valence-corrected chi connectivity index (χ3v) is 5.81. The van der Waals surface area contributed by atoms with Crippen molar-refractivity contribution in [3.05, 3.63) is 71.0 Å².